The summed E-state index contributed by atoms with van der Waals surface area (Å²) in [6.07, 6.45) is 0. The van der Waals surface area contributed by atoms with Crippen LogP contribution in [0.2, 0.25) is 0 Å². The van der Waals surface area contributed by atoms with Crippen LogP contribution >= 0.6 is 22.6 Å². The van der Waals surface area contributed by atoms with Gasteiger partial charge in [0.1, 0.15) is 0 Å². The highest BCUT2D eigenvalue weighted by atomic mass is 127. The van der Waals surface area contributed by atoms with Crippen LogP contribution in [-0.2, 0) is 6.54 Å². The summed E-state index contributed by atoms with van der Waals surface area (Å²) in [6.45, 7) is 9.53. The van der Waals surface area contributed by atoms with E-state index in [1.165, 1.54) is 15.0 Å². The molecule has 1 aromatic heterocycles. The van der Waals surface area contributed by atoms with E-state index in [-0.39, 0.29) is 0 Å². The lowest BCUT2D eigenvalue weighted by atomic mass is 10.3. The van der Waals surface area contributed by atoms with Crippen molar-refractivity contribution in [1.29, 1.82) is 0 Å². The molecule has 0 aliphatic rings. The van der Waals surface area contributed by atoms with Crippen molar-refractivity contribution in [3.8, 4) is 0 Å². The average Bonchev–Trinajstić information content (AvgIpc) is 2.45. The third kappa shape index (κ3) is 2.67. The molecule has 4 heteroatoms. The topological polar surface area (TPSA) is 31.9 Å². The number of halogens is 1. The fourth-order valence-corrected chi connectivity index (χ4v) is 1.64. The average molecular weight is 293 g/mol. The molecule has 1 heterocycles. The summed E-state index contributed by atoms with van der Waals surface area (Å²) < 4.78 is 1.27. The molecule has 0 aliphatic carbocycles. The summed E-state index contributed by atoms with van der Waals surface area (Å²) in [5.74, 6) is 0. The van der Waals surface area contributed by atoms with E-state index in [0.717, 1.165) is 19.6 Å². The first kappa shape index (κ1) is 11.0. The molecule has 0 spiro atoms. The maximum absolute atomic E-state index is 4.28. The molecule has 1 aromatic rings. The lowest BCUT2D eigenvalue weighted by Gasteiger charge is -2.16. The molecule has 0 aromatic carbocycles. The van der Waals surface area contributed by atoms with Gasteiger partial charge in [-0.3, -0.25) is 10.00 Å². The van der Waals surface area contributed by atoms with Crippen LogP contribution < -0.4 is 0 Å². The number of rotatable bonds is 4. The van der Waals surface area contributed by atoms with Gasteiger partial charge in [-0.2, -0.15) is 5.10 Å². The van der Waals surface area contributed by atoms with E-state index in [1.807, 2.05) is 0 Å². The Balaban J connectivity index is 2.67. The second kappa shape index (κ2) is 4.95. The molecule has 1 rings (SSSR count). The molecule has 0 saturated heterocycles. The first-order valence-corrected chi connectivity index (χ1v) is 5.68. The van der Waals surface area contributed by atoms with Crippen LogP contribution in [0.1, 0.15) is 25.2 Å². The second-order valence-corrected chi connectivity index (χ2v) is 4.15. The Bertz CT molecular complexity index is 266. The zero-order chi connectivity index (χ0) is 9.84. The standard InChI is InChI=1S/C9H16IN3/c1-4-13(5-2)6-8-9(10)7(3)11-12-8/h4-6H2,1-3H3,(H,11,12). The minimum atomic E-state index is 0.954. The monoisotopic (exact) mass is 293 g/mol. The van der Waals surface area contributed by atoms with E-state index in [1.54, 1.807) is 0 Å². The SMILES string of the molecule is CCN(CC)Cc1n[nH]c(C)c1I. The summed E-state index contributed by atoms with van der Waals surface area (Å²) in [5, 5.41) is 7.28. The molecule has 74 valence electrons. The van der Waals surface area contributed by atoms with Gasteiger partial charge < -0.3 is 0 Å². The number of aromatic amines is 1. The van der Waals surface area contributed by atoms with Crippen LogP contribution in [0.5, 0.6) is 0 Å². The Kier molecular flexibility index (Phi) is 4.18. The van der Waals surface area contributed by atoms with Crippen LogP contribution in [0.4, 0.5) is 0 Å². The van der Waals surface area contributed by atoms with Crippen LogP contribution in [0.15, 0.2) is 0 Å². The Hall–Kier alpha value is -0.100. The molecule has 3 nitrogen and oxygen atoms in total. The van der Waals surface area contributed by atoms with Crippen molar-refractivity contribution in [2.75, 3.05) is 13.1 Å². The Labute approximate surface area is 93.0 Å². The molecule has 0 radical (unpaired) electrons. The zero-order valence-electron chi connectivity index (χ0n) is 8.39. The minimum absolute atomic E-state index is 0.954. The smallest absolute Gasteiger partial charge is 0.0898 e. The van der Waals surface area contributed by atoms with Crippen molar-refractivity contribution in [3.05, 3.63) is 15.0 Å². The molecular formula is C9H16IN3. The highest BCUT2D eigenvalue weighted by Gasteiger charge is 2.09. The fourth-order valence-electron chi connectivity index (χ4n) is 1.23. The van der Waals surface area contributed by atoms with Gasteiger partial charge in [0.25, 0.3) is 0 Å². The highest BCUT2D eigenvalue weighted by Crippen LogP contribution is 2.14. The fraction of sp³-hybridized carbons (Fsp3) is 0.667. The molecule has 0 amide bonds. The lowest BCUT2D eigenvalue weighted by Crippen LogP contribution is -2.22. The Morgan fingerprint density at radius 2 is 2.00 bits per heavy atom. The lowest BCUT2D eigenvalue weighted by molar-refractivity contribution is 0.291. The summed E-state index contributed by atoms with van der Waals surface area (Å²) in [5.41, 5.74) is 2.34. The van der Waals surface area contributed by atoms with Crippen LogP contribution in [0.3, 0.4) is 0 Å². The van der Waals surface area contributed by atoms with Gasteiger partial charge >= 0.3 is 0 Å². The molecule has 0 fully saturated rings. The maximum atomic E-state index is 4.28. The van der Waals surface area contributed by atoms with Crippen molar-refractivity contribution < 1.29 is 0 Å². The van der Waals surface area contributed by atoms with E-state index < -0.39 is 0 Å². The van der Waals surface area contributed by atoms with Crippen molar-refractivity contribution in [1.82, 2.24) is 15.1 Å². The van der Waals surface area contributed by atoms with Gasteiger partial charge in [0.2, 0.25) is 0 Å². The van der Waals surface area contributed by atoms with E-state index in [4.69, 9.17) is 0 Å². The van der Waals surface area contributed by atoms with Gasteiger partial charge in [0.15, 0.2) is 0 Å². The van der Waals surface area contributed by atoms with Gasteiger partial charge in [-0.15, -0.1) is 0 Å². The molecular weight excluding hydrogens is 277 g/mol. The van der Waals surface area contributed by atoms with Gasteiger partial charge in [-0.1, -0.05) is 13.8 Å². The summed E-state index contributed by atoms with van der Waals surface area (Å²) in [7, 11) is 0. The van der Waals surface area contributed by atoms with Gasteiger partial charge in [-0.25, -0.2) is 0 Å². The number of hydrogen-bond donors (Lipinski definition) is 1. The highest BCUT2D eigenvalue weighted by molar-refractivity contribution is 14.1. The molecule has 0 atom stereocenters. The predicted octanol–water partition coefficient (Wildman–Crippen LogP) is 2.16. The normalized spacial score (nSPS) is 11.2. The first-order valence-electron chi connectivity index (χ1n) is 4.60. The number of hydrogen-bond acceptors (Lipinski definition) is 2. The number of H-pyrrole nitrogens is 1. The van der Waals surface area contributed by atoms with Gasteiger partial charge in [0.05, 0.1) is 9.26 Å². The molecule has 0 saturated carbocycles. The maximum Gasteiger partial charge on any atom is 0.0898 e. The molecule has 1 N–H and O–H groups in total. The van der Waals surface area contributed by atoms with Crippen molar-refractivity contribution in [2.24, 2.45) is 0 Å². The van der Waals surface area contributed by atoms with Crippen LogP contribution in [-0.4, -0.2) is 28.2 Å². The van der Waals surface area contributed by atoms with Crippen molar-refractivity contribution >= 4 is 22.6 Å². The quantitative estimate of drug-likeness (QED) is 0.863. The molecule has 0 bridgehead atoms. The van der Waals surface area contributed by atoms with Crippen molar-refractivity contribution in [2.45, 2.75) is 27.3 Å². The molecule has 0 unspecified atom stereocenters. The summed E-state index contributed by atoms with van der Waals surface area (Å²) >= 11 is 2.35. The number of nitrogens with zero attached hydrogens (tertiary/aromatic N) is 2. The number of nitrogens with one attached hydrogen (secondary N) is 1. The minimum Gasteiger partial charge on any atom is -0.298 e. The van der Waals surface area contributed by atoms with Crippen LogP contribution in [0.25, 0.3) is 0 Å². The summed E-state index contributed by atoms with van der Waals surface area (Å²) in [6, 6.07) is 0. The van der Waals surface area contributed by atoms with Gasteiger partial charge in [-0.05, 0) is 42.6 Å². The Morgan fingerprint density at radius 1 is 1.38 bits per heavy atom. The third-order valence-corrected chi connectivity index (χ3v) is 3.64. The van der Waals surface area contributed by atoms with E-state index in [9.17, 15) is 0 Å². The van der Waals surface area contributed by atoms with E-state index in [0.29, 0.717) is 0 Å². The Morgan fingerprint density at radius 3 is 2.38 bits per heavy atom. The van der Waals surface area contributed by atoms with Crippen molar-refractivity contribution in [3.63, 3.8) is 0 Å². The van der Waals surface area contributed by atoms with E-state index >= 15 is 0 Å². The van der Waals surface area contributed by atoms with E-state index in [2.05, 4.69) is 58.5 Å². The molecule has 13 heavy (non-hydrogen) atoms. The number of aromatic nitrogens is 2. The zero-order valence-corrected chi connectivity index (χ0v) is 10.6. The summed E-state index contributed by atoms with van der Waals surface area (Å²) in [4.78, 5) is 2.36. The number of aryl methyl sites for hydroxylation is 1. The largest absolute Gasteiger partial charge is 0.298 e. The van der Waals surface area contributed by atoms with Gasteiger partial charge in [0, 0.05) is 12.2 Å². The third-order valence-electron chi connectivity index (χ3n) is 2.21. The molecule has 0 aliphatic heterocycles. The predicted molar refractivity (Wildman–Crippen MR) is 62.7 cm³/mol. The first-order chi connectivity index (χ1) is 6.19. The van der Waals surface area contributed by atoms with Crippen LogP contribution in [0, 0.1) is 10.5 Å². The second-order valence-electron chi connectivity index (χ2n) is 3.07.